The molecule has 4 rings (SSSR count). The average Bonchev–Trinajstić information content (AvgIpc) is 2.76. The van der Waals surface area contributed by atoms with Crippen LogP contribution in [0.1, 0.15) is 10.4 Å². The molecule has 5 heteroatoms. The van der Waals surface area contributed by atoms with Gasteiger partial charge in [0.2, 0.25) is 0 Å². The quantitative estimate of drug-likeness (QED) is 0.682. The third kappa shape index (κ3) is 7.48. The van der Waals surface area contributed by atoms with Crippen LogP contribution in [0.25, 0.3) is 10.8 Å². The normalized spacial score (nSPS) is 13.6. The number of fused-ring (bicyclic) bond motifs is 1. The second kappa shape index (κ2) is 12.6. The third-order valence-electron chi connectivity index (χ3n) is 4.27. The molecule has 0 aromatic heterocycles. The average molecular weight is 380 g/mol. The molecule has 3 aromatic carbocycles. The number of phenols is 1. The minimum atomic E-state index is 0.0347. The van der Waals surface area contributed by atoms with E-state index in [1.807, 2.05) is 0 Å². The molecule has 0 aliphatic carbocycles. The van der Waals surface area contributed by atoms with Crippen LogP contribution in [0.4, 0.5) is 0 Å². The zero-order valence-electron chi connectivity index (χ0n) is 16.0. The Hall–Kier alpha value is -2.73. The summed E-state index contributed by atoms with van der Waals surface area (Å²) in [4.78, 5) is 12.4. The smallest absolute Gasteiger partial charge is 0.153 e. The van der Waals surface area contributed by atoms with Crippen molar-refractivity contribution in [1.82, 2.24) is 4.90 Å². The number of hydrogen-bond acceptors (Lipinski definition) is 5. The van der Waals surface area contributed by atoms with Crippen molar-refractivity contribution in [3.63, 3.8) is 0 Å². The highest BCUT2D eigenvalue weighted by molar-refractivity contribution is 5.82. The van der Waals surface area contributed by atoms with Crippen molar-refractivity contribution >= 4 is 17.1 Å². The van der Waals surface area contributed by atoms with Gasteiger partial charge in [0.15, 0.2) is 6.29 Å². The lowest BCUT2D eigenvalue weighted by atomic mass is 10.1. The van der Waals surface area contributed by atoms with Crippen molar-refractivity contribution in [2.75, 3.05) is 39.4 Å². The Balaban J connectivity index is 0.000000151. The first-order valence-corrected chi connectivity index (χ1v) is 9.41. The molecule has 1 saturated heterocycles. The Morgan fingerprint density at radius 1 is 0.893 bits per heavy atom. The first kappa shape index (κ1) is 21.6. The fraction of sp³-hybridized carbons (Fsp3) is 0.261. The van der Waals surface area contributed by atoms with Gasteiger partial charge in [0.25, 0.3) is 0 Å². The van der Waals surface area contributed by atoms with E-state index in [-0.39, 0.29) is 5.75 Å². The molecule has 0 spiro atoms. The van der Waals surface area contributed by atoms with Crippen LogP contribution in [-0.4, -0.2) is 55.7 Å². The number of para-hydroxylation sites is 1. The van der Waals surface area contributed by atoms with Crippen molar-refractivity contribution < 1.29 is 14.6 Å². The van der Waals surface area contributed by atoms with Gasteiger partial charge in [-0.1, -0.05) is 60.7 Å². The number of aromatic hydroxyl groups is 1. The maximum Gasteiger partial charge on any atom is 0.153 e. The standard InChI is InChI=1S/C10H8.C7H6O2.C6H14N2O/c1-2-6-10-8-4-3-7-9(10)5-1;8-5-6-3-1-2-4-7(6)9;7-1-2-8-3-5-9-6-4-8/h1-8H;1-5,9H;1-7H2. The number of carbonyl (C=O) groups is 1. The number of aldehydes is 1. The molecular weight excluding hydrogens is 352 g/mol. The third-order valence-corrected chi connectivity index (χ3v) is 4.27. The topological polar surface area (TPSA) is 75.8 Å². The van der Waals surface area contributed by atoms with Gasteiger partial charge >= 0.3 is 0 Å². The van der Waals surface area contributed by atoms with Crippen LogP contribution in [0, 0.1) is 0 Å². The predicted octanol–water partition coefficient (Wildman–Crippen LogP) is 3.32. The molecule has 0 radical (unpaired) electrons. The van der Waals surface area contributed by atoms with Crippen molar-refractivity contribution in [3.05, 3.63) is 78.4 Å². The van der Waals surface area contributed by atoms with E-state index in [1.54, 1.807) is 18.2 Å². The minimum absolute atomic E-state index is 0.0347. The fourth-order valence-electron chi connectivity index (χ4n) is 2.73. The molecule has 3 aromatic rings. The van der Waals surface area contributed by atoms with Gasteiger partial charge in [-0.3, -0.25) is 9.69 Å². The number of morpholine rings is 1. The number of ether oxygens (including phenoxy) is 1. The van der Waals surface area contributed by atoms with Gasteiger partial charge < -0.3 is 15.6 Å². The second-order valence-corrected chi connectivity index (χ2v) is 6.27. The van der Waals surface area contributed by atoms with Gasteiger partial charge in [-0.05, 0) is 22.9 Å². The number of nitrogens with zero attached hydrogens (tertiary/aromatic N) is 1. The summed E-state index contributed by atoms with van der Waals surface area (Å²) in [6.07, 6.45) is 0.620. The van der Waals surface area contributed by atoms with E-state index < -0.39 is 0 Å². The monoisotopic (exact) mass is 380 g/mol. The molecule has 0 amide bonds. The minimum Gasteiger partial charge on any atom is -0.507 e. The molecule has 3 N–H and O–H groups in total. The molecule has 0 saturated carbocycles. The number of hydrogen-bond donors (Lipinski definition) is 2. The van der Waals surface area contributed by atoms with E-state index in [4.69, 9.17) is 15.6 Å². The number of nitrogens with two attached hydrogens (primary N) is 1. The summed E-state index contributed by atoms with van der Waals surface area (Å²) in [5.74, 6) is 0.0347. The fourth-order valence-corrected chi connectivity index (χ4v) is 2.73. The number of rotatable bonds is 3. The highest BCUT2D eigenvalue weighted by Crippen LogP contribution is 2.12. The van der Waals surface area contributed by atoms with Crippen LogP contribution in [0.15, 0.2) is 72.8 Å². The van der Waals surface area contributed by atoms with Crippen molar-refractivity contribution in [2.24, 2.45) is 5.73 Å². The zero-order valence-corrected chi connectivity index (χ0v) is 16.0. The zero-order chi connectivity index (χ0) is 20.0. The largest absolute Gasteiger partial charge is 0.507 e. The summed E-state index contributed by atoms with van der Waals surface area (Å²) >= 11 is 0. The van der Waals surface area contributed by atoms with Gasteiger partial charge in [-0.2, -0.15) is 0 Å². The van der Waals surface area contributed by atoms with Gasteiger partial charge in [0, 0.05) is 26.2 Å². The first-order chi connectivity index (χ1) is 13.7. The molecule has 5 nitrogen and oxygen atoms in total. The molecule has 1 aliphatic rings. The molecule has 0 atom stereocenters. The van der Waals surface area contributed by atoms with E-state index in [9.17, 15) is 4.79 Å². The Labute approximate surface area is 166 Å². The summed E-state index contributed by atoms with van der Waals surface area (Å²) in [7, 11) is 0. The van der Waals surface area contributed by atoms with E-state index in [2.05, 4.69) is 53.4 Å². The highest BCUT2D eigenvalue weighted by Gasteiger charge is 2.07. The summed E-state index contributed by atoms with van der Waals surface area (Å²) in [6.45, 7) is 5.64. The maximum absolute atomic E-state index is 10.1. The molecule has 148 valence electrons. The van der Waals surface area contributed by atoms with Gasteiger partial charge in [-0.15, -0.1) is 0 Å². The number of carbonyl (C=O) groups excluding carboxylic acids is 1. The first-order valence-electron chi connectivity index (χ1n) is 9.41. The van der Waals surface area contributed by atoms with Crippen LogP contribution in [0.5, 0.6) is 5.75 Å². The van der Waals surface area contributed by atoms with Gasteiger partial charge in [0.1, 0.15) is 5.75 Å². The number of phenolic OH excluding ortho intramolecular Hbond substituents is 1. The Kier molecular flexibility index (Phi) is 9.72. The highest BCUT2D eigenvalue weighted by atomic mass is 16.5. The predicted molar refractivity (Wildman–Crippen MR) is 114 cm³/mol. The van der Waals surface area contributed by atoms with E-state index in [0.717, 1.165) is 39.4 Å². The summed E-state index contributed by atoms with van der Waals surface area (Å²) < 4.78 is 5.16. The molecule has 0 unspecified atom stereocenters. The van der Waals surface area contributed by atoms with Gasteiger partial charge in [0.05, 0.1) is 18.8 Å². The van der Waals surface area contributed by atoms with Gasteiger partial charge in [-0.25, -0.2) is 0 Å². The van der Waals surface area contributed by atoms with E-state index in [1.165, 1.54) is 16.8 Å². The maximum atomic E-state index is 10.1. The Bertz CT molecular complexity index is 764. The SMILES string of the molecule is NCCN1CCOCC1.O=Cc1ccccc1O.c1ccc2ccccc2c1. The van der Waals surface area contributed by atoms with Crippen LogP contribution < -0.4 is 5.73 Å². The van der Waals surface area contributed by atoms with E-state index in [0.29, 0.717) is 11.8 Å². The molecule has 1 heterocycles. The lowest BCUT2D eigenvalue weighted by Crippen LogP contribution is -2.39. The Morgan fingerprint density at radius 2 is 1.39 bits per heavy atom. The molecule has 0 bridgehead atoms. The van der Waals surface area contributed by atoms with E-state index >= 15 is 0 Å². The summed E-state index contributed by atoms with van der Waals surface area (Å²) in [5, 5.41) is 11.5. The van der Waals surface area contributed by atoms with Crippen molar-refractivity contribution in [1.29, 1.82) is 0 Å². The van der Waals surface area contributed by atoms with Crippen LogP contribution >= 0.6 is 0 Å². The second-order valence-electron chi connectivity index (χ2n) is 6.27. The summed E-state index contributed by atoms with van der Waals surface area (Å²) in [5.41, 5.74) is 5.71. The molecule has 28 heavy (non-hydrogen) atoms. The van der Waals surface area contributed by atoms with Crippen LogP contribution in [-0.2, 0) is 4.74 Å². The summed E-state index contributed by atoms with van der Waals surface area (Å²) in [6, 6.07) is 23.1. The molecular formula is C23H28N2O3. The Morgan fingerprint density at radius 3 is 1.82 bits per heavy atom. The lowest BCUT2D eigenvalue weighted by molar-refractivity contribution is 0.0394. The molecule has 1 aliphatic heterocycles. The molecule has 1 fully saturated rings. The van der Waals surface area contributed by atoms with Crippen LogP contribution in [0.3, 0.4) is 0 Å². The lowest BCUT2D eigenvalue weighted by Gasteiger charge is -2.25. The van der Waals surface area contributed by atoms with Crippen molar-refractivity contribution in [2.45, 2.75) is 0 Å². The van der Waals surface area contributed by atoms with Crippen molar-refractivity contribution in [3.8, 4) is 5.75 Å². The van der Waals surface area contributed by atoms with Crippen LogP contribution in [0.2, 0.25) is 0 Å². The number of benzene rings is 3.